The summed E-state index contributed by atoms with van der Waals surface area (Å²) in [5, 5.41) is 18.0. The van der Waals surface area contributed by atoms with E-state index in [9.17, 15) is 19.5 Å². The molecule has 0 unspecified atom stereocenters. The van der Waals surface area contributed by atoms with Gasteiger partial charge in [0.05, 0.1) is 4.91 Å². The van der Waals surface area contributed by atoms with Crippen LogP contribution in [0.1, 0.15) is 18.4 Å². The molecule has 1 aromatic heterocycles. The molecule has 0 radical (unpaired) electrons. The second kappa shape index (κ2) is 6.97. The zero-order valence-corrected chi connectivity index (χ0v) is 13.8. The van der Waals surface area contributed by atoms with Crippen molar-refractivity contribution < 1.29 is 24.6 Å². The number of hydrogen-bond donors (Lipinski definition) is 2. The molecule has 0 spiro atoms. The number of aliphatic carboxylic acids is 2. The summed E-state index contributed by atoms with van der Waals surface area (Å²) in [6.07, 6.45) is 4.71. The third-order valence-electron chi connectivity index (χ3n) is 3.20. The molecule has 7 nitrogen and oxygen atoms in total. The number of carbonyl (C=O) groups is 3. The van der Waals surface area contributed by atoms with Gasteiger partial charge in [0.2, 0.25) is 0 Å². The minimum absolute atomic E-state index is 0.120. The summed E-state index contributed by atoms with van der Waals surface area (Å²) >= 11 is 6.12. The average Bonchev–Trinajstić information content (AvgIpc) is 2.96. The minimum Gasteiger partial charge on any atom is -0.481 e. The fourth-order valence-electron chi connectivity index (χ4n) is 2.13. The Bertz CT molecular complexity index is 710. The van der Waals surface area contributed by atoms with Crippen molar-refractivity contribution in [1.29, 1.82) is 0 Å². The molecular weight excluding hydrogens is 340 g/mol. The Labute approximate surface area is 141 Å². The first-order valence-corrected chi connectivity index (χ1v) is 7.85. The van der Waals surface area contributed by atoms with E-state index in [2.05, 4.69) is 0 Å². The van der Waals surface area contributed by atoms with Gasteiger partial charge in [0.1, 0.15) is 10.4 Å². The van der Waals surface area contributed by atoms with Crippen molar-refractivity contribution in [3.63, 3.8) is 0 Å². The Morgan fingerprint density at radius 2 is 2.13 bits per heavy atom. The number of amides is 1. The highest BCUT2D eigenvalue weighted by Crippen LogP contribution is 2.34. The van der Waals surface area contributed by atoms with Gasteiger partial charge in [-0.05, 0) is 24.1 Å². The monoisotopic (exact) mass is 354 g/mol. The molecule has 1 fully saturated rings. The summed E-state index contributed by atoms with van der Waals surface area (Å²) in [6, 6.07) is 0.534. The molecule has 0 aliphatic carbocycles. The van der Waals surface area contributed by atoms with Crippen LogP contribution in [0.3, 0.4) is 0 Å². The lowest BCUT2D eigenvalue weighted by Crippen LogP contribution is -2.44. The van der Waals surface area contributed by atoms with Crippen molar-refractivity contribution in [2.24, 2.45) is 7.05 Å². The normalized spacial score (nSPS) is 17.8. The molecule has 1 atom stereocenters. The topological polar surface area (TPSA) is 99.8 Å². The molecule has 0 saturated carbocycles. The number of aromatic nitrogens is 1. The van der Waals surface area contributed by atoms with Crippen LogP contribution in [0, 0.1) is 0 Å². The van der Waals surface area contributed by atoms with Crippen molar-refractivity contribution in [3.05, 3.63) is 28.9 Å². The summed E-state index contributed by atoms with van der Waals surface area (Å²) < 4.78 is 1.94. The molecule has 1 aliphatic heterocycles. The van der Waals surface area contributed by atoms with Crippen LogP contribution in [0.25, 0.3) is 6.08 Å². The van der Waals surface area contributed by atoms with Crippen LogP contribution < -0.4 is 0 Å². The summed E-state index contributed by atoms with van der Waals surface area (Å²) in [6.45, 7) is 0. The SMILES string of the molecule is Cn1ccc(/C=C2/SC(=S)N([C@@H](CCC(=O)O)C(=O)O)C2=O)c1. The molecular formula is C14H14N2O5S2. The van der Waals surface area contributed by atoms with Gasteiger partial charge in [0.25, 0.3) is 5.91 Å². The van der Waals surface area contributed by atoms with Gasteiger partial charge in [-0.1, -0.05) is 24.0 Å². The molecule has 0 bridgehead atoms. The summed E-state index contributed by atoms with van der Waals surface area (Å²) in [7, 11) is 1.84. The van der Waals surface area contributed by atoms with Crippen LogP contribution >= 0.6 is 24.0 Å². The molecule has 2 heterocycles. The third kappa shape index (κ3) is 3.99. The lowest BCUT2D eigenvalue weighted by Gasteiger charge is -2.22. The molecule has 1 saturated heterocycles. The van der Waals surface area contributed by atoms with E-state index in [1.165, 1.54) is 0 Å². The fourth-order valence-corrected chi connectivity index (χ4v) is 3.49. The van der Waals surface area contributed by atoms with E-state index >= 15 is 0 Å². The Morgan fingerprint density at radius 3 is 2.65 bits per heavy atom. The molecule has 122 valence electrons. The fraction of sp³-hybridized carbons (Fsp3) is 0.286. The first-order chi connectivity index (χ1) is 10.8. The smallest absolute Gasteiger partial charge is 0.326 e. The van der Waals surface area contributed by atoms with Crippen molar-refractivity contribution in [2.45, 2.75) is 18.9 Å². The maximum absolute atomic E-state index is 12.4. The van der Waals surface area contributed by atoms with Gasteiger partial charge in [-0.3, -0.25) is 14.5 Å². The maximum Gasteiger partial charge on any atom is 0.326 e. The number of carboxylic acid groups (broad SMARTS) is 2. The number of thiocarbonyl (C=S) groups is 1. The average molecular weight is 354 g/mol. The van der Waals surface area contributed by atoms with E-state index in [1.807, 2.05) is 30.1 Å². The number of hydrogen-bond acceptors (Lipinski definition) is 5. The number of rotatable bonds is 6. The van der Waals surface area contributed by atoms with Crippen LogP contribution in [0.15, 0.2) is 23.4 Å². The van der Waals surface area contributed by atoms with Gasteiger partial charge >= 0.3 is 11.9 Å². The molecule has 23 heavy (non-hydrogen) atoms. The van der Waals surface area contributed by atoms with Crippen molar-refractivity contribution in [3.8, 4) is 0 Å². The Kier molecular flexibility index (Phi) is 5.22. The van der Waals surface area contributed by atoms with E-state index in [0.717, 1.165) is 22.2 Å². The number of carboxylic acids is 2. The second-order valence-corrected chi connectivity index (χ2v) is 6.62. The van der Waals surface area contributed by atoms with E-state index in [-0.39, 0.29) is 17.2 Å². The van der Waals surface area contributed by atoms with Crippen LogP contribution in [-0.4, -0.2) is 47.9 Å². The van der Waals surface area contributed by atoms with Crippen LogP contribution in [0.4, 0.5) is 0 Å². The summed E-state index contributed by atoms with van der Waals surface area (Å²) in [5.41, 5.74) is 0.797. The van der Waals surface area contributed by atoms with E-state index < -0.39 is 23.9 Å². The predicted octanol–water partition coefficient (Wildman–Crippen LogP) is 1.54. The lowest BCUT2D eigenvalue weighted by atomic mass is 10.1. The summed E-state index contributed by atoms with van der Waals surface area (Å²) in [5.74, 6) is -2.91. The predicted molar refractivity (Wildman–Crippen MR) is 88.7 cm³/mol. The van der Waals surface area contributed by atoms with Gasteiger partial charge in [0, 0.05) is 25.9 Å². The van der Waals surface area contributed by atoms with Gasteiger partial charge in [-0.25, -0.2) is 4.79 Å². The Hall–Kier alpha value is -2.13. The molecule has 2 rings (SSSR count). The molecule has 1 aromatic rings. The van der Waals surface area contributed by atoms with Gasteiger partial charge in [0.15, 0.2) is 0 Å². The minimum atomic E-state index is -1.28. The first kappa shape index (κ1) is 17.2. The van der Waals surface area contributed by atoms with Crippen molar-refractivity contribution in [1.82, 2.24) is 9.47 Å². The van der Waals surface area contributed by atoms with E-state index in [1.54, 1.807) is 6.08 Å². The van der Waals surface area contributed by atoms with Crippen LogP contribution in [-0.2, 0) is 21.4 Å². The van der Waals surface area contributed by atoms with Gasteiger partial charge < -0.3 is 14.8 Å². The zero-order valence-electron chi connectivity index (χ0n) is 12.1. The molecule has 0 aromatic carbocycles. The quantitative estimate of drug-likeness (QED) is 0.590. The first-order valence-electron chi connectivity index (χ1n) is 6.63. The van der Waals surface area contributed by atoms with Crippen LogP contribution in [0.2, 0.25) is 0 Å². The van der Waals surface area contributed by atoms with Gasteiger partial charge in [-0.15, -0.1) is 0 Å². The third-order valence-corrected chi connectivity index (χ3v) is 4.53. The highest BCUT2D eigenvalue weighted by molar-refractivity contribution is 8.26. The number of thioether (sulfide) groups is 1. The number of aryl methyl sites for hydroxylation is 1. The van der Waals surface area contributed by atoms with Gasteiger partial charge in [-0.2, -0.15) is 0 Å². The highest BCUT2D eigenvalue weighted by atomic mass is 32.2. The summed E-state index contributed by atoms with van der Waals surface area (Å²) in [4.78, 5) is 35.8. The van der Waals surface area contributed by atoms with E-state index in [4.69, 9.17) is 17.3 Å². The number of carbonyl (C=O) groups excluding carboxylic acids is 1. The molecule has 1 amide bonds. The van der Waals surface area contributed by atoms with Crippen LogP contribution in [0.5, 0.6) is 0 Å². The Balaban J connectivity index is 2.24. The van der Waals surface area contributed by atoms with E-state index in [0.29, 0.717) is 4.91 Å². The maximum atomic E-state index is 12.4. The molecule has 9 heteroatoms. The lowest BCUT2D eigenvalue weighted by molar-refractivity contribution is -0.146. The molecule has 2 N–H and O–H groups in total. The standard InChI is InChI=1S/C14H14N2O5S2/c1-15-5-4-8(7-15)6-10-12(19)16(14(22)23-10)9(13(20)21)2-3-11(17)18/h4-7,9H,2-3H2,1H3,(H,17,18)(H,20,21)/b10-6+/t9-/m0/s1. The zero-order chi connectivity index (χ0) is 17.1. The molecule has 1 aliphatic rings. The second-order valence-electron chi connectivity index (χ2n) is 4.95. The highest BCUT2D eigenvalue weighted by Gasteiger charge is 2.40. The Morgan fingerprint density at radius 1 is 1.43 bits per heavy atom. The largest absolute Gasteiger partial charge is 0.481 e. The van der Waals surface area contributed by atoms with Crippen molar-refractivity contribution >= 4 is 52.2 Å². The number of nitrogens with zero attached hydrogens (tertiary/aromatic N) is 2. The van der Waals surface area contributed by atoms with Crippen molar-refractivity contribution in [2.75, 3.05) is 0 Å².